The normalized spacial score (nSPS) is 10.5. The number of nitrogens with two attached hydrogens (primary N) is 1. The van der Waals surface area contributed by atoms with E-state index in [1.165, 1.54) is 0 Å². The smallest absolute Gasteiger partial charge is 0.0829 e. The van der Waals surface area contributed by atoms with Crippen LogP contribution >= 0.6 is 8.96 Å². The molecule has 0 bridgehead atoms. The minimum atomic E-state index is 0.140. The summed E-state index contributed by atoms with van der Waals surface area (Å²) >= 11 is 0. The second kappa shape index (κ2) is 3.35. The highest BCUT2D eigenvalue weighted by Gasteiger charge is 1.50. The number of hydrogen-bond acceptors (Lipinski definition) is 2. The highest BCUT2D eigenvalue weighted by atomic mass is 31.1. The van der Waals surface area contributed by atoms with E-state index in [9.17, 15) is 0 Å². The van der Waals surface area contributed by atoms with Crippen molar-refractivity contribution in [2.45, 2.75) is 0 Å². The lowest BCUT2D eigenvalue weighted by atomic mass is 11.8. The quantitative estimate of drug-likeness (QED) is 0.452. The van der Waals surface area contributed by atoms with Crippen LogP contribution in [0, 0.1) is 0 Å². The van der Waals surface area contributed by atoms with Crippen molar-refractivity contribution in [3.63, 3.8) is 0 Å². The van der Waals surface area contributed by atoms with Crippen molar-refractivity contribution in [1.82, 2.24) is 0 Å². The lowest BCUT2D eigenvalue weighted by molar-refractivity contribution is 0.476. The van der Waals surface area contributed by atoms with Crippen molar-refractivity contribution in [2.75, 3.05) is 7.11 Å². The van der Waals surface area contributed by atoms with Crippen molar-refractivity contribution in [1.29, 1.82) is 0 Å². The third kappa shape index (κ3) is 2.35. The van der Waals surface area contributed by atoms with Gasteiger partial charge in [-0.1, -0.05) is 0 Å². The maximum Gasteiger partial charge on any atom is 0.0829 e. The summed E-state index contributed by atoms with van der Waals surface area (Å²) in [7, 11) is 1.71. The molecular weight excluding hydrogens is 73.0 g/mol. The van der Waals surface area contributed by atoms with Gasteiger partial charge in [-0.2, -0.15) is 0 Å². The Morgan fingerprint density at radius 1 is 2.00 bits per heavy atom. The van der Waals surface area contributed by atoms with Crippen molar-refractivity contribution in [3.05, 3.63) is 0 Å². The molecule has 1 unspecified atom stereocenters. The predicted octanol–water partition coefficient (Wildman–Crippen LogP) is 0.100. The van der Waals surface area contributed by atoms with Gasteiger partial charge >= 0.3 is 0 Å². The summed E-state index contributed by atoms with van der Waals surface area (Å²) in [6.07, 6.45) is 0. The first-order chi connectivity index (χ1) is 1.91. The van der Waals surface area contributed by atoms with E-state index in [-0.39, 0.29) is 8.96 Å². The molecule has 0 heterocycles. The van der Waals surface area contributed by atoms with Gasteiger partial charge in [0, 0.05) is 7.11 Å². The van der Waals surface area contributed by atoms with Crippen molar-refractivity contribution < 1.29 is 4.52 Å². The zero-order valence-electron chi connectivity index (χ0n) is 2.49. The van der Waals surface area contributed by atoms with E-state index in [1.54, 1.807) is 7.11 Å². The highest BCUT2D eigenvalue weighted by Crippen LogP contribution is 1.89. The van der Waals surface area contributed by atoms with E-state index in [0.717, 1.165) is 0 Å². The molecule has 26 valence electrons. The van der Waals surface area contributed by atoms with Gasteiger partial charge in [-0.3, -0.25) is 5.50 Å². The largest absolute Gasteiger partial charge is 0.350 e. The van der Waals surface area contributed by atoms with Crippen LogP contribution in [-0.4, -0.2) is 7.11 Å². The molecule has 0 aliphatic heterocycles. The predicted molar refractivity (Wildman–Crippen MR) is 19.5 cm³/mol. The zero-order chi connectivity index (χ0) is 3.41. The van der Waals surface area contributed by atoms with E-state index >= 15 is 0 Å². The Hall–Kier alpha value is 0.350. The van der Waals surface area contributed by atoms with Crippen LogP contribution in [0.2, 0.25) is 0 Å². The highest BCUT2D eigenvalue weighted by molar-refractivity contribution is 7.29. The molecule has 0 saturated heterocycles. The molecule has 0 amide bonds. The van der Waals surface area contributed by atoms with Crippen LogP contribution in [-0.2, 0) is 4.52 Å². The monoisotopic (exact) mass is 79.0 g/mol. The second-order valence-electron chi connectivity index (χ2n) is 0.322. The van der Waals surface area contributed by atoms with Crippen LogP contribution in [0.15, 0.2) is 0 Å². The van der Waals surface area contributed by atoms with Gasteiger partial charge in [0.1, 0.15) is 0 Å². The molecule has 3 heteroatoms. The summed E-state index contributed by atoms with van der Waals surface area (Å²) in [5, 5.41) is 0. The fourth-order valence-electron chi connectivity index (χ4n) is 0. The maximum atomic E-state index is 4.83. The Morgan fingerprint density at radius 3 is 2.25 bits per heavy atom. The second-order valence-corrected chi connectivity index (χ2v) is 0.966. The maximum absolute atomic E-state index is 4.83. The Labute approximate surface area is 27.3 Å². The summed E-state index contributed by atoms with van der Waals surface area (Å²) < 4.78 is 4.35. The van der Waals surface area contributed by atoms with Gasteiger partial charge in [0.25, 0.3) is 0 Å². The molecule has 1 atom stereocenters. The summed E-state index contributed by atoms with van der Waals surface area (Å²) in [5.41, 5.74) is 4.83. The van der Waals surface area contributed by atoms with Gasteiger partial charge in [0.2, 0.25) is 0 Å². The molecule has 2 nitrogen and oxygen atoms in total. The molecule has 0 spiro atoms. The summed E-state index contributed by atoms with van der Waals surface area (Å²) in [4.78, 5) is 0. The number of rotatable bonds is 1. The van der Waals surface area contributed by atoms with Crippen LogP contribution < -0.4 is 5.50 Å². The van der Waals surface area contributed by atoms with E-state index in [1.807, 2.05) is 0 Å². The van der Waals surface area contributed by atoms with Crippen molar-refractivity contribution in [2.24, 2.45) is 5.50 Å². The van der Waals surface area contributed by atoms with E-state index < -0.39 is 0 Å². The molecule has 0 aliphatic rings. The van der Waals surface area contributed by atoms with Crippen LogP contribution in [0.25, 0.3) is 0 Å². The lowest BCUT2D eigenvalue weighted by Gasteiger charge is -1.76. The first-order valence-corrected chi connectivity index (χ1v) is 1.89. The molecule has 2 N–H and O–H groups in total. The van der Waals surface area contributed by atoms with Gasteiger partial charge in [0.15, 0.2) is 0 Å². The third-order valence-electron chi connectivity index (χ3n) is 0.118. The molecule has 0 aromatic heterocycles. The average Bonchev–Trinajstić information content (AvgIpc) is 1.37. The summed E-state index contributed by atoms with van der Waals surface area (Å²) in [6.45, 7) is 0. The Balaban J connectivity index is 1.97. The average molecular weight is 79.0 g/mol. The topological polar surface area (TPSA) is 35.2 Å². The van der Waals surface area contributed by atoms with Gasteiger partial charge < -0.3 is 4.52 Å². The third-order valence-corrected chi connectivity index (χ3v) is 0.354. The van der Waals surface area contributed by atoms with E-state index in [4.69, 9.17) is 5.50 Å². The van der Waals surface area contributed by atoms with Crippen LogP contribution in [0.3, 0.4) is 0 Å². The van der Waals surface area contributed by atoms with Gasteiger partial charge in [-0.25, -0.2) is 0 Å². The standard InChI is InChI=1S/CH6NOP/c1-3-4-2/h4H,2H2,1H3. The number of hydrogen-bond donors (Lipinski definition) is 1. The van der Waals surface area contributed by atoms with E-state index in [2.05, 4.69) is 4.52 Å². The molecule has 4 heavy (non-hydrogen) atoms. The fraction of sp³-hybridized carbons (Fsp3) is 1.00. The first-order valence-electron chi connectivity index (χ1n) is 0.901. The van der Waals surface area contributed by atoms with E-state index in [0.29, 0.717) is 0 Å². The first kappa shape index (κ1) is 4.35. The molecule has 0 aromatic carbocycles. The Morgan fingerprint density at radius 2 is 2.25 bits per heavy atom. The Bertz CT molecular complexity index is 10.0. The van der Waals surface area contributed by atoms with Gasteiger partial charge in [-0.05, 0) is 0 Å². The molecular formula is CH6NOP. The molecule has 0 saturated carbocycles. The fourth-order valence-corrected chi connectivity index (χ4v) is 0. The molecule has 0 fully saturated rings. The molecule has 0 aliphatic carbocycles. The molecule has 0 rings (SSSR count). The minimum absolute atomic E-state index is 0.140. The Kier molecular flexibility index (Phi) is 3.64. The van der Waals surface area contributed by atoms with Crippen molar-refractivity contribution in [3.8, 4) is 0 Å². The molecule has 0 radical (unpaired) electrons. The summed E-state index contributed by atoms with van der Waals surface area (Å²) in [5.74, 6) is 0. The lowest BCUT2D eigenvalue weighted by Crippen LogP contribution is -1.69. The zero-order valence-corrected chi connectivity index (χ0v) is 3.49. The molecule has 0 aromatic rings. The van der Waals surface area contributed by atoms with Crippen LogP contribution in [0.5, 0.6) is 0 Å². The summed E-state index contributed by atoms with van der Waals surface area (Å²) in [6, 6.07) is 0. The van der Waals surface area contributed by atoms with Crippen LogP contribution in [0.1, 0.15) is 0 Å². The van der Waals surface area contributed by atoms with Gasteiger partial charge in [-0.15, -0.1) is 0 Å². The van der Waals surface area contributed by atoms with Gasteiger partial charge in [0.05, 0.1) is 8.96 Å². The van der Waals surface area contributed by atoms with Crippen molar-refractivity contribution >= 4 is 8.96 Å². The minimum Gasteiger partial charge on any atom is -0.350 e. The SMILES string of the molecule is COPN. The van der Waals surface area contributed by atoms with Crippen LogP contribution in [0.4, 0.5) is 0 Å².